The minimum absolute atomic E-state index is 0.359. The fourth-order valence-corrected chi connectivity index (χ4v) is 1.98. The van der Waals surface area contributed by atoms with E-state index in [-0.39, 0.29) is 5.97 Å². The predicted octanol–water partition coefficient (Wildman–Crippen LogP) is 4.15. The summed E-state index contributed by atoms with van der Waals surface area (Å²) >= 11 is 1.78. The summed E-state index contributed by atoms with van der Waals surface area (Å²) in [5.74, 6) is -0.359. The van der Waals surface area contributed by atoms with E-state index in [9.17, 15) is 4.79 Å². The highest BCUT2D eigenvalue weighted by molar-refractivity contribution is 7.13. The number of hydrogen-bond donors (Lipinski definition) is 0. The van der Waals surface area contributed by atoms with Crippen LogP contribution in [0.15, 0.2) is 60.5 Å². The minimum atomic E-state index is -0.359. The summed E-state index contributed by atoms with van der Waals surface area (Å²) in [7, 11) is 0. The van der Waals surface area contributed by atoms with Crippen LogP contribution in [0.25, 0.3) is 10.4 Å². The molecule has 0 saturated heterocycles. The summed E-state index contributed by atoms with van der Waals surface area (Å²) in [6.07, 6.45) is 1.14. The zero-order valence-electron chi connectivity index (χ0n) is 10.3. The SMILES string of the molecule is C=CC(=O)OCC.c1ccc(-c2cccs2)cc1. The monoisotopic (exact) mass is 260 g/mol. The molecule has 0 aliphatic carbocycles. The van der Waals surface area contributed by atoms with E-state index in [2.05, 4.69) is 53.1 Å². The number of hydrogen-bond acceptors (Lipinski definition) is 3. The fourth-order valence-electron chi connectivity index (χ4n) is 1.25. The van der Waals surface area contributed by atoms with E-state index in [1.807, 2.05) is 6.07 Å². The summed E-state index contributed by atoms with van der Waals surface area (Å²) in [6.45, 7) is 5.38. The first-order valence-electron chi connectivity index (χ1n) is 5.66. The molecule has 0 bridgehead atoms. The highest BCUT2D eigenvalue weighted by atomic mass is 32.1. The lowest BCUT2D eigenvalue weighted by Crippen LogP contribution is -1.97. The third-order valence-electron chi connectivity index (χ3n) is 2.03. The summed E-state index contributed by atoms with van der Waals surface area (Å²) < 4.78 is 4.43. The lowest BCUT2D eigenvalue weighted by atomic mass is 10.2. The van der Waals surface area contributed by atoms with Crippen molar-refractivity contribution in [2.75, 3.05) is 6.61 Å². The molecule has 0 N–H and O–H groups in total. The van der Waals surface area contributed by atoms with Crippen molar-refractivity contribution in [3.05, 3.63) is 60.5 Å². The molecule has 0 unspecified atom stereocenters. The van der Waals surface area contributed by atoms with E-state index in [1.165, 1.54) is 10.4 Å². The third-order valence-corrected chi connectivity index (χ3v) is 2.95. The van der Waals surface area contributed by atoms with Gasteiger partial charge in [-0.15, -0.1) is 11.3 Å². The van der Waals surface area contributed by atoms with Crippen LogP contribution in [0.5, 0.6) is 0 Å². The van der Waals surface area contributed by atoms with Crippen LogP contribution in [0.4, 0.5) is 0 Å². The maximum atomic E-state index is 10.1. The average Bonchev–Trinajstić information content (AvgIpc) is 2.95. The van der Waals surface area contributed by atoms with E-state index >= 15 is 0 Å². The van der Waals surface area contributed by atoms with Gasteiger partial charge in [-0.25, -0.2) is 4.79 Å². The van der Waals surface area contributed by atoms with Gasteiger partial charge in [0.1, 0.15) is 0 Å². The maximum absolute atomic E-state index is 10.1. The first kappa shape index (κ1) is 14.2. The molecule has 1 aromatic heterocycles. The highest BCUT2D eigenvalue weighted by Crippen LogP contribution is 2.23. The van der Waals surface area contributed by atoms with Crippen LogP contribution in [0.3, 0.4) is 0 Å². The second-order valence-corrected chi connectivity index (χ2v) is 4.25. The van der Waals surface area contributed by atoms with Gasteiger partial charge < -0.3 is 4.74 Å². The smallest absolute Gasteiger partial charge is 0.330 e. The number of carbonyl (C=O) groups excluding carboxylic acids is 1. The number of esters is 1. The zero-order chi connectivity index (χ0) is 13.2. The summed E-state index contributed by atoms with van der Waals surface area (Å²) in [5.41, 5.74) is 1.31. The van der Waals surface area contributed by atoms with Crippen molar-refractivity contribution in [1.29, 1.82) is 0 Å². The second-order valence-electron chi connectivity index (χ2n) is 3.30. The van der Waals surface area contributed by atoms with Crippen molar-refractivity contribution >= 4 is 17.3 Å². The highest BCUT2D eigenvalue weighted by Gasteiger charge is 1.94. The van der Waals surface area contributed by atoms with Gasteiger partial charge in [0.25, 0.3) is 0 Å². The van der Waals surface area contributed by atoms with Crippen LogP contribution in [-0.2, 0) is 9.53 Å². The molecule has 18 heavy (non-hydrogen) atoms. The third kappa shape index (κ3) is 4.97. The van der Waals surface area contributed by atoms with Crippen LogP contribution >= 0.6 is 11.3 Å². The normalized spacial score (nSPS) is 8.94. The summed E-state index contributed by atoms with van der Waals surface area (Å²) in [4.78, 5) is 11.4. The molecule has 0 aliphatic rings. The quantitative estimate of drug-likeness (QED) is 0.612. The number of ether oxygens (including phenoxy) is 1. The van der Waals surface area contributed by atoms with Gasteiger partial charge in [-0.3, -0.25) is 0 Å². The summed E-state index contributed by atoms with van der Waals surface area (Å²) in [5, 5.41) is 2.10. The summed E-state index contributed by atoms with van der Waals surface area (Å²) in [6, 6.07) is 14.6. The predicted molar refractivity (Wildman–Crippen MR) is 76.6 cm³/mol. The van der Waals surface area contributed by atoms with E-state index in [1.54, 1.807) is 18.3 Å². The molecule has 0 spiro atoms. The van der Waals surface area contributed by atoms with Crippen molar-refractivity contribution in [1.82, 2.24) is 0 Å². The molecule has 2 aromatic rings. The van der Waals surface area contributed by atoms with Crippen molar-refractivity contribution in [2.45, 2.75) is 6.92 Å². The molecule has 1 heterocycles. The second kappa shape index (κ2) is 8.25. The Morgan fingerprint density at radius 1 is 1.28 bits per heavy atom. The number of carbonyl (C=O) groups is 1. The molecule has 2 rings (SSSR count). The molecule has 0 radical (unpaired) electrons. The van der Waals surface area contributed by atoms with E-state index in [4.69, 9.17) is 0 Å². The molecule has 2 nitrogen and oxygen atoms in total. The van der Waals surface area contributed by atoms with Gasteiger partial charge in [0.2, 0.25) is 0 Å². The minimum Gasteiger partial charge on any atom is -0.463 e. The van der Waals surface area contributed by atoms with E-state index in [0.29, 0.717) is 6.61 Å². The fraction of sp³-hybridized carbons (Fsp3) is 0.133. The Bertz CT molecular complexity index is 461. The molecule has 94 valence electrons. The standard InChI is InChI=1S/C10H8S.C5H8O2/c1-2-5-9(6-3-1)10-7-4-8-11-10;1-3-5(6)7-4-2/h1-8H;3H,1,4H2,2H3. The molecule has 0 amide bonds. The topological polar surface area (TPSA) is 26.3 Å². The first-order valence-corrected chi connectivity index (χ1v) is 6.54. The molecule has 1 aromatic carbocycles. The number of benzene rings is 1. The Hall–Kier alpha value is -1.87. The molecule has 0 fully saturated rings. The lowest BCUT2D eigenvalue weighted by Gasteiger charge is -1.93. The maximum Gasteiger partial charge on any atom is 0.330 e. The van der Waals surface area contributed by atoms with Gasteiger partial charge in [0.05, 0.1) is 6.61 Å². The molecule has 3 heteroatoms. The number of thiophene rings is 1. The van der Waals surface area contributed by atoms with E-state index in [0.717, 1.165) is 6.08 Å². The Kier molecular flexibility index (Phi) is 6.51. The Morgan fingerprint density at radius 2 is 2.00 bits per heavy atom. The van der Waals surface area contributed by atoms with Crippen LogP contribution in [0.1, 0.15) is 6.92 Å². The molecule has 0 aliphatic heterocycles. The van der Waals surface area contributed by atoms with E-state index < -0.39 is 0 Å². The van der Waals surface area contributed by atoms with Crippen molar-refractivity contribution in [3.63, 3.8) is 0 Å². The zero-order valence-corrected chi connectivity index (χ0v) is 11.2. The van der Waals surface area contributed by atoms with Crippen LogP contribution in [-0.4, -0.2) is 12.6 Å². The average molecular weight is 260 g/mol. The Labute approximate surface area is 112 Å². The first-order chi connectivity index (χ1) is 8.77. The van der Waals surface area contributed by atoms with Gasteiger partial charge in [0, 0.05) is 11.0 Å². The lowest BCUT2D eigenvalue weighted by molar-refractivity contribution is -0.137. The van der Waals surface area contributed by atoms with Crippen molar-refractivity contribution in [2.24, 2.45) is 0 Å². The van der Waals surface area contributed by atoms with Gasteiger partial charge in [-0.2, -0.15) is 0 Å². The van der Waals surface area contributed by atoms with Crippen molar-refractivity contribution < 1.29 is 9.53 Å². The molecule has 0 saturated carbocycles. The van der Waals surface area contributed by atoms with Crippen LogP contribution < -0.4 is 0 Å². The number of rotatable bonds is 3. The van der Waals surface area contributed by atoms with Gasteiger partial charge in [-0.1, -0.05) is 43.0 Å². The Balaban J connectivity index is 0.000000203. The molecular formula is C15H16O2S. The van der Waals surface area contributed by atoms with Crippen molar-refractivity contribution in [3.8, 4) is 10.4 Å². The Morgan fingerprint density at radius 3 is 2.44 bits per heavy atom. The van der Waals surface area contributed by atoms with Gasteiger partial charge in [0.15, 0.2) is 0 Å². The van der Waals surface area contributed by atoms with Gasteiger partial charge in [-0.05, 0) is 23.9 Å². The largest absolute Gasteiger partial charge is 0.463 e. The van der Waals surface area contributed by atoms with Crippen LogP contribution in [0, 0.1) is 0 Å². The molecule has 0 atom stereocenters. The molecular weight excluding hydrogens is 244 g/mol. The van der Waals surface area contributed by atoms with Crippen LogP contribution in [0.2, 0.25) is 0 Å². The van der Waals surface area contributed by atoms with Gasteiger partial charge >= 0.3 is 5.97 Å².